The van der Waals surface area contributed by atoms with Gasteiger partial charge in [0.05, 0.1) is 6.61 Å². The van der Waals surface area contributed by atoms with Gasteiger partial charge in [0.1, 0.15) is 12.9 Å². The van der Waals surface area contributed by atoms with Crippen molar-refractivity contribution in [2.45, 2.75) is 20.1 Å². The Balaban J connectivity index is 1.74. The van der Waals surface area contributed by atoms with Crippen molar-refractivity contribution in [2.24, 2.45) is 0 Å². The van der Waals surface area contributed by atoms with Crippen LogP contribution in [0.3, 0.4) is 0 Å². The molecule has 0 unspecified atom stereocenters. The Morgan fingerprint density at radius 1 is 1.12 bits per heavy atom. The van der Waals surface area contributed by atoms with Crippen molar-refractivity contribution in [3.8, 4) is 11.5 Å². The molecule has 0 bridgehead atoms. The summed E-state index contributed by atoms with van der Waals surface area (Å²) in [4.78, 5) is 4.05. The SMILES string of the molecule is CCOc1cc(CNc2ncn[nH]2)c(Br)cc1OCc1ccccc1. The Kier molecular flexibility index (Phi) is 5.90. The van der Waals surface area contributed by atoms with Crippen LogP contribution in [0.4, 0.5) is 5.95 Å². The van der Waals surface area contributed by atoms with Crippen LogP contribution in [0.15, 0.2) is 53.3 Å². The summed E-state index contributed by atoms with van der Waals surface area (Å²) in [6, 6.07) is 14.0. The molecule has 25 heavy (non-hydrogen) atoms. The molecule has 0 aliphatic heterocycles. The molecule has 3 aromatic rings. The second-order valence-corrected chi connectivity index (χ2v) is 6.14. The number of hydrogen-bond donors (Lipinski definition) is 2. The highest BCUT2D eigenvalue weighted by Gasteiger charge is 2.11. The number of nitrogens with zero attached hydrogens (tertiary/aromatic N) is 2. The fourth-order valence-electron chi connectivity index (χ4n) is 2.30. The molecule has 1 aromatic heterocycles. The third-order valence-corrected chi connectivity index (χ3v) is 4.25. The summed E-state index contributed by atoms with van der Waals surface area (Å²) in [7, 11) is 0. The molecule has 3 rings (SSSR count). The summed E-state index contributed by atoms with van der Waals surface area (Å²) in [6.07, 6.45) is 1.46. The summed E-state index contributed by atoms with van der Waals surface area (Å²) in [5.74, 6) is 2.05. The standard InChI is InChI=1S/C18H19BrN4O2/c1-2-24-16-8-14(10-20-18-21-12-22-23-18)15(19)9-17(16)25-11-13-6-4-3-5-7-13/h3-9,12H,2,10-11H2,1H3,(H2,20,21,22,23). The minimum atomic E-state index is 0.489. The minimum Gasteiger partial charge on any atom is -0.490 e. The van der Waals surface area contributed by atoms with Gasteiger partial charge in [-0.2, -0.15) is 5.10 Å². The van der Waals surface area contributed by atoms with E-state index in [2.05, 4.69) is 36.4 Å². The topological polar surface area (TPSA) is 72.1 Å². The highest BCUT2D eigenvalue weighted by molar-refractivity contribution is 9.10. The Labute approximate surface area is 154 Å². The molecule has 6 nitrogen and oxygen atoms in total. The Hall–Kier alpha value is -2.54. The zero-order valence-electron chi connectivity index (χ0n) is 13.8. The first-order chi connectivity index (χ1) is 12.3. The monoisotopic (exact) mass is 402 g/mol. The lowest BCUT2D eigenvalue weighted by Crippen LogP contribution is -2.05. The first kappa shape index (κ1) is 17.3. The molecule has 7 heteroatoms. The van der Waals surface area contributed by atoms with Crippen LogP contribution in [0.25, 0.3) is 0 Å². The number of nitrogens with one attached hydrogen (secondary N) is 2. The molecule has 1 heterocycles. The highest BCUT2D eigenvalue weighted by Crippen LogP contribution is 2.34. The van der Waals surface area contributed by atoms with Crippen molar-refractivity contribution >= 4 is 21.9 Å². The number of benzene rings is 2. The van der Waals surface area contributed by atoms with E-state index in [0.717, 1.165) is 21.3 Å². The molecule has 0 aliphatic rings. The van der Waals surface area contributed by atoms with Gasteiger partial charge in [0, 0.05) is 11.0 Å². The number of halogens is 1. The van der Waals surface area contributed by atoms with Crippen LogP contribution in [0.5, 0.6) is 11.5 Å². The largest absolute Gasteiger partial charge is 0.490 e. The molecule has 0 atom stereocenters. The fraction of sp³-hybridized carbons (Fsp3) is 0.222. The van der Waals surface area contributed by atoms with Crippen molar-refractivity contribution < 1.29 is 9.47 Å². The third-order valence-electron chi connectivity index (χ3n) is 3.51. The summed E-state index contributed by atoms with van der Waals surface area (Å²) < 4.78 is 12.6. The molecule has 2 N–H and O–H groups in total. The van der Waals surface area contributed by atoms with Crippen LogP contribution in [-0.2, 0) is 13.2 Å². The smallest absolute Gasteiger partial charge is 0.218 e. The predicted octanol–water partition coefficient (Wildman–Crippen LogP) is 4.16. The summed E-state index contributed by atoms with van der Waals surface area (Å²) in [5, 5.41) is 9.76. The lowest BCUT2D eigenvalue weighted by Gasteiger charge is -2.15. The van der Waals surface area contributed by atoms with Crippen LogP contribution in [-0.4, -0.2) is 21.8 Å². The first-order valence-corrected chi connectivity index (χ1v) is 8.76. The lowest BCUT2D eigenvalue weighted by atomic mass is 10.2. The zero-order valence-corrected chi connectivity index (χ0v) is 15.4. The molecule has 0 radical (unpaired) electrons. The Bertz CT molecular complexity index is 794. The molecule has 0 aliphatic carbocycles. The normalized spacial score (nSPS) is 10.5. The predicted molar refractivity (Wildman–Crippen MR) is 99.8 cm³/mol. The summed E-state index contributed by atoms with van der Waals surface area (Å²) in [5.41, 5.74) is 2.14. The molecular formula is C18H19BrN4O2. The van der Waals surface area contributed by atoms with Gasteiger partial charge in [-0.1, -0.05) is 46.3 Å². The van der Waals surface area contributed by atoms with Gasteiger partial charge in [0.2, 0.25) is 5.95 Å². The van der Waals surface area contributed by atoms with Crippen LogP contribution < -0.4 is 14.8 Å². The van der Waals surface area contributed by atoms with Gasteiger partial charge in [-0.3, -0.25) is 0 Å². The van der Waals surface area contributed by atoms with E-state index in [1.165, 1.54) is 6.33 Å². The number of hydrogen-bond acceptors (Lipinski definition) is 5. The minimum absolute atomic E-state index is 0.489. The molecular weight excluding hydrogens is 384 g/mol. The number of anilines is 1. The van der Waals surface area contributed by atoms with Gasteiger partial charge in [-0.15, -0.1) is 0 Å². The summed E-state index contributed by atoms with van der Waals surface area (Å²) in [6.45, 7) is 3.59. The van der Waals surface area contributed by atoms with E-state index in [-0.39, 0.29) is 0 Å². The van der Waals surface area contributed by atoms with Crippen molar-refractivity contribution in [1.29, 1.82) is 0 Å². The van der Waals surface area contributed by atoms with E-state index in [4.69, 9.17) is 9.47 Å². The fourth-order valence-corrected chi connectivity index (χ4v) is 2.76. The lowest BCUT2D eigenvalue weighted by molar-refractivity contribution is 0.269. The van der Waals surface area contributed by atoms with E-state index in [1.54, 1.807) is 0 Å². The number of H-pyrrole nitrogens is 1. The zero-order chi connectivity index (χ0) is 17.5. The molecule has 0 saturated carbocycles. The quantitative estimate of drug-likeness (QED) is 0.591. The van der Waals surface area contributed by atoms with E-state index < -0.39 is 0 Å². The van der Waals surface area contributed by atoms with Gasteiger partial charge < -0.3 is 14.8 Å². The van der Waals surface area contributed by atoms with Gasteiger partial charge in [-0.05, 0) is 30.2 Å². The Morgan fingerprint density at radius 2 is 1.92 bits per heavy atom. The van der Waals surface area contributed by atoms with Crippen molar-refractivity contribution in [3.63, 3.8) is 0 Å². The molecule has 130 valence electrons. The van der Waals surface area contributed by atoms with Crippen LogP contribution in [0.1, 0.15) is 18.1 Å². The average molecular weight is 403 g/mol. The maximum absolute atomic E-state index is 5.96. The molecule has 0 amide bonds. The highest BCUT2D eigenvalue weighted by atomic mass is 79.9. The van der Waals surface area contributed by atoms with E-state index in [1.807, 2.05) is 49.4 Å². The van der Waals surface area contributed by atoms with E-state index in [9.17, 15) is 0 Å². The second kappa shape index (κ2) is 8.53. The number of aromatic amines is 1. The Morgan fingerprint density at radius 3 is 2.64 bits per heavy atom. The van der Waals surface area contributed by atoms with E-state index in [0.29, 0.717) is 31.5 Å². The van der Waals surface area contributed by atoms with Gasteiger partial charge in [0.15, 0.2) is 11.5 Å². The molecule has 0 fully saturated rings. The molecule has 0 saturated heterocycles. The van der Waals surface area contributed by atoms with Crippen molar-refractivity contribution in [2.75, 3.05) is 11.9 Å². The van der Waals surface area contributed by atoms with Crippen molar-refractivity contribution in [3.05, 3.63) is 64.4 Å². The number of rotatable bonds is 8. The third kappa shape index (κ3) is 4.73. The van der Waals surface area contributed by atoms with Gasteiger partial charge in [0.25, 0.3) is 0 Å². The second-order valence-electron chi connectivity index (χ2n) is 5.29. The van der Waals surface area contributed by atoms with E-state index >= 15 is 0 Å². The number of ether oxygens (including phenoxy) is 2. The maximum Gasteiger partial charge on any atom is 0.218 e. The van der Waals surface area contributed by atoms with Crippen LogP contribution in [0, 0.1) is 0 Å². The van der Waals surface area contributed by atoms with Crippen LogP contribution >= 0.6 is 15.9 Å². The number of aromatic nitrogens is 3. The first-order valence-electron chi connectivity index (χ1n) is 7.97. The van der Waals surface area contributed by atoms with Crippen molar-refractivity contribution in [1.82, 2.24) is 15.2 Å². The molecule has 2 aromatic carbocycles. The van der Waals surface area contributed by atoms with Crippen LogP contribution in [0.2, 0.25) is 0 Å². The average Bonchev–Trinajstić information content (AvgIpc) is 3.15. The molecule has 0 spiro atoms. The summed E-state index contributed by atoms with van der Waals surface area (Å²) >= 11 is 3.60. The maximum atomic E-state index is 5.96. The van der Waals surface area contributed by atoms with Gasteiger partial charge >= 0.3 is 0 Å². The van der Waals surface area contributed by atoms with Gasteiger partial charge in [-0.25, -0.2) is 10.1 Å².